The fourth-order valence-corrected chi connectivity index (χ4v) is 2.70. The van der Waals surface area contributed by atoms with E-state index in [0.29, 0.717) is 14.5 Å². The third-order valence-corrected chi connectivity index (χ3v) is 3.05. The van der Waals surface area contributed by atoms with Crippen LogP contribution in [-0.2, 0) is 0 Å². The standard InChI is InChI=1S/C11H5Br2NO5/c12-5-1-4(2-6(13)3-5)9-14-7(10(15)16)8(19-9)11(17)18/h1-3H,(H,15,16)(H,17,18). The van der Waals surface area contributed by atoms with E-state index in [-0.39, 0.29) is 5.89 Å². The number of aromatic nitrogens is 1. The number of aromatic carboxylic acids is 2. The SMILES string of the molecule is O=C(O)c1nc(-c2cc(Br)cc(Br)c2)oc1C(=O)O. The average Bonchev–Trinajstić information content (AvgIpc) is 2.72. The summed E-state index contributed by atoms with van der Waals surface area (Å²) in [4.78, 5) is 25.5. The molecule has 0 amide bonds. The number of hydrogen-bond acceptors (Lipinski definition) is 4. The van der Waals surface area contributed by atoms with Crippen molar-refractivity contribution in [3.63, 3.8) is 0 Å². The van der Waals surface area contributed by atoms with E-state index in [1.54, 1.807) is 18.2 Å². The summed E-state index contributed by atoms with van der Waals surface area (Å²) in [6.45, 7) is 0. The van der Waals surface area contributed by atoms with Crippen LogP contribution in [0.25, 0.3) is 11.5 Å². The molecular formula is C11H5Br2NO5. The van der Waals surface area contributed by atoms with E-state index in [1.807, 2.05) is 0 Å². The zero-order chi connectivity index (χ0) is 14.2. The highest BCUT2D eigenvalue weighted by Crippen LogP contribution is 2.28. The third kappa shape index (κ3) is 2.85. The fraction of sp³-hybridized carbons (Fsp3) is 0. The molecule has 0 unspecified atom stereocenters. The number of carboxylic acids is 2. The second kappa shape index (κ2) is 5.14. The van der Waals surface area contributed by atoms with E-state index in [9.17, 15) is 9.59 Å². The molecule has 1 aromatic carbocycles. The molecule has 0 saturated carbocycles. The van der Waals surface area contributed by atoms with Crippen molar-refractivity contribution in [2.75, 3.05) is 0 Å². The molecule has 8 heteroatoms. The molecule has 0 atom stereocenters. The van der Waals surface area contributed by atoms with Gasteiger partial charge in [-0.25, -0.2) is 14.6 Å². The molecule has 0 aliphatic carbocycles. The van der Waals surface area contributed by atoms with E-state index >= 15 is 0 Å². The first kappa shape index (κ1) is 13.8. The minimum absolute atomic E-state index is 0.0724. The molecule has 0 aliphatic rings. The summed E-state index contributed by atoms with van der Waals surface area (Å²) in [6.07, 6.45) is 0. The zero-order valence-electron chi connectivity index (χ0n) is 9.05. The fourth-order valence-electron chi connectivity index (χ4n) is 1.41. The van der Waals surface area contributed by atoms with Crippen molar-refractivity contribution in [1.82, 2.24) is 4.98 Å². The van der Waals surface area contributed by atoms with Crippen LogP contribution in [0.15, 0.2) is 31.6 Å². The van der Waals surface area contributed by atoms with Crippen molar-refractivity contribution < 1.29 is 24.2 Å². The van der Waals surface area contributed by atoms with Crippen molar-refractivity contribution in [2.45, 2.75) is 0 Å². The third-order valence-electron chi connectivity index (χ3n) is 2.13. The second-order valence-corrected chi connectivity index (χ2v) is 5.30. The Morgan fingerprint density at radius 1 is 1.05 bits per heavy atom. The molecule has 0 aliphatic heterocycles. The van der Waals surface area contributed by atoms with Crippen molar-refractivity contribution in [3.8, 4) is 11.5 Å². The van der Waals surface area contributed by atoms with E-state index < -0.39 is 23.4 Å². The molecule has 0 saturated heterocycles. The summed E-state index contributed by atoms with van der Waals surface area (Å²) in [5.74, 6) is -3.71. The van der Waals surface area contributed by atoms with Crippen molar-refractivity contribution in [3.05, 3.63) is 38.6 Å². The van der Waals surface area contributed by atoms with Gasteiger partial charge >= 0.3 is 11.9 Å². The largest absolute Gasteiger partial charge is 0.476 e. The molecule has 19 heavy (non-hydrogen) atoms. The molecule has 0 bridgehead atoms. The highest BCUT2D eigenvalue weighted by atomic mass is 79.9. The summed E-state index contributed by atoms with van der Waals surface area (Å²) in [6, 6.07) is 5.03. The van der Waals surface area contributed by atoms with Crippen LogP contribution in [0.2, 0.25) is 0 Å². The van der Waals surface area contributed by atoms with Gasteiger partial charge in [0.1, 0.15) is 0 Å². The smallest absolute Gasteiger partial charge is 0.374 e. The lowest BCUT2D eigenvalue weighted by molar-refractivity contribution is 0.0624. The first-order valence-corrected chi connectivity index (χ1v) is 6.41. The Bertz CT molecular complexity index is 628. The van der Waals surface area contributed by atoms with Crippen LogP contribution >= 0.6 is 31.9 Å². The number of nitrogens with zero attached hydrogens (tertiary/aromatic N) is 1. The Balaban J connectivity index is 2.60. The molecule has 2 aromatic rings. The monoisotopic (exact) mass is 389 g/mol. The number of carbonyl (C=O) groups is 2. The Labute approximate surface area is 123 Å². The number of hydrogen-bond donors (Lipinski definition) is 2. The van der Waals surface area contributed by atoms with Gasteiger partial charge in [0.15, 0.2) is 0 Å². The normalized spacial score (nSPS) is 10.4. The second-order valence-electron chi connectivity index (χ2n) is 3.47. The van der Waals surface area contributed by atoms with Gasteiger partial charge in [-0.3, -0.25) is 0 Å². The van der Waals surface area contributed by atoms with Crippen molar-refractivity contribution in [2.24, 2.45) is 0 Å². The van der Waals surface area contributed by atoms with Crippen molar-refractivity contribution >= 4 is 43.8 Å². The minimum atomic E-state index is -1.48. The van der Waals surface area contributed by atoms with Crippen LogP contribution in [0.5, 0.6) is 0 Å². The molecule has 1 heterocycles. The van der Waals surface area contributed by atoms with Gasteiger partial charge in [0, 0.05) is 14.5 Å². The summed E-state index contributed by atoms with van der Waals surface area (Å²) < 4.78 is 6.42. The number of halogens is 2. The van der Waals surface area contributed by atoms with Gasteiger partial charge in [-0.1, -0.05) is 31.9 Å². The van der Waals surface area contributed by atoms with Crippen LogP contribution in [0.1, 0.15) is 21.0 Å². The molecule has 2 N–H and O–H groups in total. The Hall–Kier alpha value is -1.67. The molecule has 0 fully saturated rings. The van der Waals surface area contributed by atoms with Crippen LogP contribution in [-0.4, -0.2) is 27.1 Å². The van der Waals surface area contributed by atoms with Gasteiger partial charge in [0.25, 0.3) is 0 Å². The number of benzene rings is 1. The quantitative estimate of drug-likeness (QED) is 0.834. The van der Waals surface area contributed by atoms with E-state index in [4.69, 9.17) is 14.6 Å². The molecule has 0 radical (unpaired) electrons. The predicted molar refractivity (Wildman–Crippen MR) is 71.3 cm³/mol. The number of oxazole rings is 1. The van der Waals surface area contributed by atoms with Gasteiger partial charge < -0.3 is 14.6 Å². The predicted octanol–water partition coefficient (Wildman–Crippen LogP) is 3.26. The highest BCUT2D eigenvalue weighted by Gasteiger charge is 2.25. The maximum atomic E-state index is 10.9. The van der Waals surface area contributed by atoms with Crippen molar-refractivity contribution in [1.29, 1.82) is 0 Å². The van der Waals surface area contributed by atoms with Crippen LogP contribution in [0.4, 0.5) is 0 Å². The first-order valence-electron chi connectivity index (χ1n) is 4.82. The first-order chi connectivity index (χ1) is 8.88. The van der Waals surface area contributed by atoms with Gasteiger partial charge in [-0.2, -0.15) is 0 Å². The highest BCUT2D eigenvalue weighted by molar-refractivity contribution is 9.11. The van der Waals surface area contributed by atoms with E-state index in [1.165, 1.54) is 0 Å². The van der Waals surface area contributed by atoms with Gasteiger partial charge in [0.05, 0.1) is 0 Å². The molecular weight excluding hydrogens is 386 g/mol. The molecule has 1 aromatic heterocycles. The number of rotatable bonds is 3. The molecule has 6 nitrogen and oxygen atoms in total. The summed E-state index contributed by atoms with van der Waals surface area (Å²) in [7, 11) is 0. The molecule has 2 rings (SSSR count). The average molecular weight is 391 g/mol. The number of carboxylic acid groups (broad SMARTS) is 2. The molecule has 98 valence electrons. The maximum absolute atomic E-state index is 10.9. The Kier molecular flexibility index (Phi) is 3.72. The summed E-state index contributed by atoms with van der Waals surface area (Å²) >= 11 is 6.52. The zero-order valence-corrected chi connectivity index (χ0v) is 12.2. The van der Waals surface area contributed by atoms with E-state index in [2.05, 4.69) is 36.8 Å². The lowest BCUT2D eigenvalue weighted by Gasteiger charge is -1.98. The Morgan fingerprint density at radius 3 is 2.05 bits per heavy atom. The van der Waals surface area contributed by atoms with Gasteiger partial charge in [-0.15, -0.1) is 0 Å². The van der Waals surface area contributed by atoms with Crippen LogP contribution in [0, 0.1) is 0 Å². The van der Waals surface area contributed by atoms with Crippen LogP contribution < -0.4 is 0 Å². The summed E-state index contributed by atoms with van der Waals surface area (Å²) in [5, 5.41) is 17.7. The lowest BCUT2D eigenvalue weighted by atomic mass is 10.2. The topological polar surface area (TPSA) is 101 Å². The Morgan fingerprint density at radius 2 is 1.63 bits per heavy atom. The maximum Gasteiger partial charge on any atom is 0.374 e. The molecule has 0 spiro atoms. The lowest BCUT2D eigenvalue weighted by Crippen LogP contribution is -2.05. The van der Waals surface area contributed by atoms with Gasteiger partial charge in [0.2, 0.25) is 17.3 Å². The van der Waals surface area contributed by atoms with Crippen LogP contribution in [0.3, 0.4) is 0 Å². The van der Waals surface area contributed by atoms with Gasteiger partial charge in [-0.05, 0) is 18.2 Å². The van der Waals surface area contributed by atoms with E-state index in [0.717, 1.165) is 0 Å². The minimum Gasteiger partial charge on any atom is -0.476 e. The summed E-state index contributed by atoms with van der Waals surface area (Å²) in [5.41, 5.74) is -0.171.